The van der Waals surface area contributed by atoms with Crippen LogP contribution in [0.3, 0.4) is 0 Å². The third-order valence-electron chi connectivity index (χ3n) is 3.45. The van der Waals surface area contributed by atoms with E-state index in [1.165, 1.54) is 25.0 Å². The summed E-state index contributed by atoms with van der Waals surface area (Å²) in [6.45, 7) is 3.37. The number of rotatable bonds is 7. The summed E-state index contributed by atoms with van der Waals surface area (Å²) in [6.07, 6.45) is 2.42. The fraction of sp³-hybridized carbons (Fsp3) is 0.400. The summed E-state index contributed by atoms with van der Waals surface area (Å²) in [5.41, 5.74) is 7.72. The maximum absolute atomic E-state index is 14.0. The fourth-order valence-electron chi connectivity index (χ4n) is 2.24. The first-order valence-corrected chi connectivity index (χ1v) is 7.33. The molecule has 1 saturated heterocycles. The Morgan fingerprint density at radius 1 is 1.48 bits per heavy atom. The van der Waals surface area contributed by atoms with Crippen molar-refractivity contribution in [3.05, 3.63) is 24.0 Å². The number of amidine groups is 1. The zero-order valence-corrected chi connectivity index (χ0v) is 12.7. The third kappa shape index (κ3) is 4.93. The number of benzene rings is 1. The second kappa shape index (κ2) is 8.10. The average Bonchev–Trinajstić information content (AvgIpc) is 3.03. The van der Waals surface area contributed by atoms with E-state index in [0.29, 0.717) is 12.3 Å². The molecule has 0 saturated carbocycles. The molecule has 1 fully saturated rings. The molecule has 1 heterocycles. The van der Waals surface area contributed by atoms with Crippen molar-refractivity contribution in [2.45, 2.75) is 12.8 Å². The number of ether oxygens (including phenoxy) is 1. The second-order valence-corrected chi connectivity index (χ2v) is 5.14. The predicted octanol–water partition coefficient (Wildman–Crippen LogP) is 1.53. The molecule has 0 bridgehead atoms. The molecule has 23 heavy (non-hydrogen) atoms. The summed E-state index contributed by atoms with van der Waals surface area (Å²) in [6, 6.07) is 5.95. The highest BCUT2D eigenvalue weighted by Crippen LogP contribution is 2.21. The number of hydrazone groups is 1. The van der Waals surface area contributed by atoms with E-state index in [-0.39, 0.29) is 11.5 Å². The smallest absolute Gasteiger partial charge is 0.201 e. The Morgan fingerprint density at radius 2 is 2.22 bits per heavy atom. The summed E-state index contributed by atoms with van der Waals surface area (Å²) in [7, 11) is 0. The fourth-order valence-corrected chi connectivity index (χ4v) is 2.24. The predicted molar refractivity (Wildman–Crippen MR) is 86.2 cm³/mol. The van der Waals surface area contributed by atoms with Gasteiger partial charge >= 0.3 is 0 Å². The Labute approximate surface area is 134 Å². The lowest BCUT2D eigenvalue weighted by molar-refractivity contribution is 0.231. The first-order valence-electron chi connectivity index (χ1n) is 7.33. The number of anilines is 1. The van der Waals surface area contributed by atoms with Crippen molar-refractivity contribution in [1.29, 1.82) is 10.7 Å². The SMILES string of the molecule is N#C/C(=N\Nc1ccc(OCCN2CCCC2)c(F)c1)C(=N)N. The van der Waals surface area contributed by atoms with Gasteiger partial charge in [-0.1, -0.05) is 0 Å². The number of likely N-dealkylation sites (tertiary alicyclic amines) is 1. The van der Waals surface area contributed by atoms with E-state index in [1.807, 2.05) is 0 Å². The number of nitrogens with zero attached hydrogens (tertiary/aromatic N) is 3. The van der Waals surface area contributed by atoms with Gasteiger partial charge in [0.05, 0.1) is 5.69 Å². The second-order valence-electron chi connectivity index (χ2n) is 5.14. The molecule has 122 valence electrons. The molecule has 0 amide bonds. The number of nitrogens with two attached hydrogens (primary N) is 1. The Bertz CT molecular complexity index is 633. The van der Waals surface area contributed by atoms with Crippen molar-refractivity contribution < 1.29 is 9.13 Å². The molecule has 0 radical (unpaired) electrons. The van der Waals surface area contributed by atoms with Crippen LogP contribution in [0.1, 0.15) is 12.8 Å². The highest BCUT2D eigenvalue weighted by molar-refractivity contribution is 6.45. The molecule has 7 nitrogen and oxygen atoms in total. The van der Waals surface area contributed by atoms with Gasteiger partial charge in [0.15, 0.2) is 17.4 Å². The first-order chi connectivity index (χ1) is 11.1. The third-order valence-corrected chi connectivity index (χ3v) is 3.45. The Morgan fingerprint density at radius 3 is 2.83 bits per heavy atom. The largest absolute Gasteiger partial charge is 0.489 e. The molecular weight excluding hydrogens is 299 g/mol. The van der Waals surface area contributed by atoms with Gasteiger partial charge in [0.2, 0.25) is 5.71 Å². The molecule has 8 heteroatoms. The molecule has 0 unspecified atom stereocenters. The van der Waals surface area contributed by atoms with Crippen molar-refractivity contribution in [2.24, 2.45) is 10.8 Å². The topological polar surface area (TPSA) is 111 Å². The number of nitrogens with one attached hydrogen (secondary N) is 2. The van der Waals surface area contributed by atoms with E-state index in [1.54, 1.807) is 12.1 Å². The van der Waals surface area contributed by atoms with Crippen LogP contribution >= 0.6 is 0 Å². The van der Waals surface area contributed by atoms with Gasteiger partial charge in [-0.25, -0.2) is 4.39 Å². The minimum absolute atomic E-state index is 0.172. The highest BCUT2D eigenvalue weighted by Gasteiger charge is 2.12. The summed E-state index contributed by atoms with van der Waals surface area (Å²) >= 11 is 0. The van der Waals surface area contributed by atoms with E-state index in [9.17, 15) is 4.39 Å². The molecule has 4 N–H and O–H groups in total. The van der Waals surface area contributed by atoms with E-state index in [0.717, 1.165) is 19.6 Å². The zero-order valence-electron chi connectivity index (χ0n) is 12.7. The van der Waals surface area contributed by atoms with Crippen LogP contribution in [-0.4, -0.2) is 42.7 Å². The van der Waals surface area contributed by atoms with Crippen LogP contribution in [0.4, 0.5) is 10.1 Å². The van der Waals surface area contributed by atoms with Crippen molar-refractivity contribution >= 4 is 17.2 Å². The summed E-state index contributed by atoms with van der Waals surface area (Å²) < 4.78 is 19.4. The van der Waals surface area contributed by atoms with Crippen molar-refractivity contribution in [1.82, 2.24) is 4.90 Å². The van der Waals surface area contributed by atoms with Gasteiger partial charge in [-0.15, -0.1) is 0 Å². The zero-order chi connectivity index (χ0) is 16.7. The standard InChI is InChI=1S/C15H19FN6O/c16-12-9-11(20-21-13(10-17)15(18)19)3-4-14(12)23-8-7-22-5-1-2-6-22/h3-4,9,20H,1-2,5-8H2,(H3,18,19)/b21-13+. The lowest BCUT2D eigenvalue weighted by Gasteiger charge is -2.15. The van der Waals surface area contributed by atoms with Gasteiger partial charge in [0.25, 0.3) is 0 Å². The summed E-state index contributed by atoms with van der Waals surface area (Å²) in [5.74, 6) is -0.805. The minimum atomic E-state index is -0.520. The van der Waals surface area contributed by atoms with Crippen LogP contribution in [0.5, 0.6) is 5.75 Å². The number of hydrogen-bond donors (Lipinski definition) is 3. The number of halogens is 1. The van der Waals surface area contributed by atoms with Crippen molar-refractivity contribution in [2.75, 3.05) is 31.7 Å². The molecule has 0 aromatic heterocycles. The molecule has 1 aromatic rings. The summed E-state index contributed by atoms with van der Waals surface area (Å²) in [4.78, 5) is 2.29. The van der Waals surface area contributed by atoms with Crippen LogP contribution in [0, 0.1) is 22.6 Å². The number of nitriles is 1. The van der Waals surface area contributed by atoms with Gasteiger partial charge in [0, 0.05) is 12.6 Å². The first kappa shape index (κ1) is 16.7. The molecule has 0 spiro atoms. The van der Waals surface area contributed by atoms with Crippen LogP contribution in [-0.2, 0) is 0 Å². The normalized spacial score (nSPS) is 15.2. The maximum Gasteiger partial charge on any atom is 0.201 e. The van der Waals surface area contributed by atoms with E-state index in [4.69, 9.17) is 21.1 Å². The molecule has 0 atom stereocenters. The summed E-state index contributed by atoms with van der Waals surface area (Å²) in [5, 5.41) is 19.5. The minimum Gasteiger partial charge on any atom is -0.489 e. The molecular formula is C15H19FN6O. The Balaban J connectivity index is 1.89. The molecule has 1 aliphatic heterocycles. The van der Waals surface area contributed by atoms with Crippen molar-refractivity contribution in [3.63, 3.8) is 0 Å². The van der Waals surface area contributed by atoms with E-state index in [2.05, 4.69) is 15.4 Å². The number of hydrogen-bond acceptors (Lipinski definition) is 6. The molecule has 1 aliphatic rings. The van der Waals surface area contributed by atoms with Crippen LogP contribution in [0.15, 0.2) is 23.3 Å². The van der Waals surface area contributed by atoms with Gasteiger partial charge in [-0.2, -0.15) is 10.4 Å². The lowest BCUT2D eigenvalue weighted by Crippen LogP contribution is -2.25. The van der Waals surface area contributed by atoms with Crippen molar-refractivity contribution in [3.8, 4) is 11.8 Å². The molecule has 2 rings (SSSR count). The molecule has 0 aliphatic carbocycles. The maximum atomic E-state index is 14.0. The van der Waals surface area contributed by atoms with Crippen LogP contribution in [0.25, 0.3) is 0 Å². The van der Waals surface area contributed by atoms with E-state index >= 15 is 0 Å². The monoisotopic (exact) mass is 318 g/mol. The van der Waals surface area contributed by atoms with Gasteiger partial charge in [-0.3, -0.25) is 15.7 Å². The lowest BCUT2D eigenvalue weighted by atomic mass is 10.3. The van der Waals surface area contributed by atoms with E-state index < -0.39 is 11.7 Å². The van der Waals surface area contributed by atoms with Crippen LogP contribution < -0.4 is 15.9 Å². The van der Waals surface area contributed by atoms with Crippen LogP contribution in [0.2, 0.25) is 0 Å². The van der Waals surface area contributed by atoms with Gasteiger partial charge in [0.1, 0.15) is 12.7 Å². The van der Waals surface area contributed by atoms with Gasteiger partial charge < -0.3 is 10.5 Å². The highest BCUT2D eigenvalue weighted by atomic mass is 19.1. The molecule has 1 aromatic carbocycles. The van der Waals surface area contributed by atoms with Gasteiger partial charge in [-0.05, 0) is 38.1 Å². The average molecular weight is 318 g/mol. The Hall–Kier alpha value is -2.66. The quantitative estimate of drug-likeness (QED) is 0.401. The Kier molecular flexibility index (Phi) is 5.88.